The van der Waals surface area contributed by atoms with Gasteiger partial charge >= 0.3 is 5.97 Å². The number of carbonyl (C=O) groups excluding carboxylic acids is 1. The smallest absolute Gasteiger partial charge is 0.307 e. The number of benzene rings is 1. The zero-order valence-electron chi connectivity index (χ0n) is 9.60. The van der Waals surface area contributed by atoms with E-state index in [0.29, 0.717) is 11.3 Å². The highest BCUT2D eigenvalue weighted by molar-refractivity contribution is 5.85. The van der Waals surface area contributed by atoms with E-state index in [2.05, 4.69) is 4.74 Å². The fraction of sp³-hybridized carbons (Fsp3) is 0.364. The standard InChI is InChI=1S/C11H14FNO3.ClH/c1-15-10-4-3-7(12)5-8(10)9(13)6-11(14)16-2;/h3-5,9H,6,13H2,1-2H3;1H/t9-;/m1./s1. The molecule has 6 heteroatoms. The maximum absolute atomic E-state index is 13.0. The van der Waals surface area contributed by atoms with E-state index in [1.54, 1.807) is 0 Å². The number of ether oxygens (including phenoxy) is 2. The lowest BCUT2D eigenvalue weighted by molar-refractivity contribution is -0.141. The summed E-state index contributed by atoms with van der Waals surface area (Å²) in [5, 5.41) is 0. The maximum Gasteiger partial charge on any atom is 0.307 e. The molecule has 0 bridgehead atoms. The van der Waals surface area contributed by atoms with Gasteiger partial charge in [0.05, 0.1) is 20.6 Å². The average molecular weight is 264 g/mol. The van der Waals surface area contributed by atoms with Crippen molar-refractivity contribution in [3.63, 3.8) is 0 Å². The quantitative estimate of drug-likeness (QED) is 0.842. The highest BCUT2D eigenvalue weighted by Gasteiger charge is 2.16. The minimum Gasteiger partial charge on any atom is -0.496 e. The first kappa shape index (κ1) is 15.7. The van der Waals surface area contributed by atoms with Gasteiger partial charge in [-0.05, 0) is 18.2 Å². The monoisotopic (exact) mass is 263 g/mol. The maximum atomic E-state index is 13.0. The summed E-state index contributed by atoms with van der Waals surface area (Å²) in [5.74, 6) is -0.410. The molecule has 0 fully saturated rings. The highest BCUT2D eigenvalue weighted by atomic mass is 35.5. The van der Waals surface area contributed by atoms with Gasteiger partial charge in [0.15, 0.2) is 0 Å². The molecule has 0 heterocycles. The Morgan fingerprint density at radius 1 is 1.47 bits per heavy atom. The molecule has 0 aliphatic carbocycles. The van der Waals surface area contributed by atoms with Crippen molar-refractivity contribution in [3.05, 3.63) is 29.6 Å². The molecule has 4 nitrogen and oxygen atoms in total. The fourth-order valence-electron chi connectivity index (χ4n) is 1.37. The Hall–Kier alpha value is -1.33. The van der Waals surface area contributed by atoms with Gasteiger partial charge in [-0.2, -0.15) is 0 Å². The summed E-state index contributed by atoms with van der Waals surface area (Å²) in [4.78, 5) is 11.0. The minimum absolute atomic E-state index is 0. The summed E-state index contributed by atoms with van der Waals surface area (Å²) < 4.78 is 22.6. The molecule has 0 spiro atoms. The second-order valence-electron chi connectivity index (χ2n) is 3.27. The van der Waals surface area contributed by atoms with Crippen LogP contribution in [0.25, 0.3) is 0 Å². The van der Waals surface area contributed by atoms with Crippen LogP contribution in [0.1, 0.15) is 18.0 Å². The van der Waals surface area contributed by atoms with Gasteiger partial charge in [0.2, 0.25) is 0 Å². The van der Waals surface area contributed by atoms with Crippen LogP contribution >= 0.6 is 12.4 Å². The van der Waals surface area contributed by atoms with E-state index >= 15 is 0 Å². The van der Waals surface area contributed by atoms with E-state index in [0.717, 1.165) is 0 Å². The predicted octanol–water partition coefficient (Wildman–Crippen LogP) is 1.82. The zero-order chi connectivity index (χ0) is 12.1. The number of methoxy groups -OCH3 is 2. The van der Waals surface area contributed by atoms with Crippen molar-refractivity contribution in [1.82, 2.24) is 0 Å². The minimum atomic E-state index is -0.641. The molecule has 1 aromatic rings. The van der Waals surface area contributed by atoms with Crippen LogP contribution in [0.2, 0.25) is 0 Å². The van der Waals surface area contributed by atoms with Crippen molar-refractivity contribution in [3.8, 4) is 5.75 Å². The van der Waals surface area contributed by atoms with Gasteiger partial charge in [0, 0.05) is 11.6 Å². The Labute approximate surface area is 105 Å². The van der Waals surface area contributed by atoms with Crippen LogP contribution in [0.5, 0.6) is 5.75 Å². The molecule has 1 rings (SSSR count). The molecular formula is C11H15ClFNO3. The number of rotatable bonds is 4. The predicted molar refractivity (Wildman–Crippen MR) is 63.8 cm³/mol. The van der Waals surface area contributed by atoms with Crippen molar-refractivity contribution in [2.24, 2.45) is 5.73 Å². The Balaban J connectivity index is 0.00000256. The SMILES string of the molecule is COC(=O)C[C@@H](N)c1cc(F)ccc1OC.Cl. The van der Waals surface area contributed by atoms with Crippen molar-refractivity contribution >= 4 is 18.4 Å². The van der Waals surface area contributed by atoms with Gasteiger partial charge < -0.3 is 15.2 Å². The second kappa shape index (κ2) is 7.09. The normalized spacial score (nSPS) is 11.3. The Morgan fingerprint density at radius 2 is 2.12 bits per heavy atom. The average Bonchev–Trinajstić information content (AvgIpc) is 2.28. The molecule has 0 unspecified atom stereocenters. The third kappa shape index (κ3) is 4.20. The molecule has 0 aromatic heterocycles. The second-order valence-corrected chi connectivity index (χ2v) is 3.27. The summed E-state index contributed by atoms with van der Waals surface area (Å²) in [5.41, 5.74) is 6.22. The van der Waals surface area contributed by atoms with Crippen LogP contribution in [0, 0.1) is 5.82 Å². The van der Waals surface area contributed by atoms with Crippen LogP contribution < -0.4 is 10.5 Å². The molecule has 0 aliphatic heterocycles. The van der Waals surface area contributed by atoms with E-state index in [4.69, 9.17) is 10.5 Å². The van der Waals surface area contributed by atoms with Gasteiger partial charge in [0.1, 0.15) is 11.6 Å². The molecule has 0 saturated carbocycles. The summed E-state index contributed by atoms with van der Waals surface area (Å²) >= 11 is 0. The number of hydrogen-bond acceptors (Lipinski definition) is 4. The number of carbonyl (C=O) groups is 1. The van der Waals surface area contributed by atoms with Crippen molar-refractivity contribution in [2.45, 2.75) is 12.5 Å². The molecular weight excluding hydrogens is 249 g/mol. The molecule has 0 saturated heterocycles. The van der Waals surface area contributed by atoms with Crippen molar-refractivity contribution in [2.75, 3.05) is 14.2 Å². The summed E-state index contributed by atoms with van der Waals surface area (Å²) in [6, 6.07) is 3.36. The molecule has 0 amide bonds. The molecule has 0 aliphatic rings. The molecule has 2 N–H and O–H groups in total. The van der Waals surface area contributed by atoms with Crippen LogP contribution in [0.4, 0.5) is 4.39 Å². The van der Waals surface area contributed by atoms with Crippen molar-refractivity contribution in [1.29, 1.82) is 0 Å². The van der Waals surface area contributed by atoms with E-state index in [1.807, 2.05) is 0 Å². The van der Waals surface area contributed by atoms with E-state index in [1.165, 1.54) is 32.4 Å². The Morgan fingerprint density at radius 3 is 2.65 bits per heavy atom. The topological polar surface area (TPSA) is 61.5 Å². The Bertz CT molecular complexity index is 387. The number of esters is 1. The largest absolute Gasteiger partial charge is 0.496 e. The number of nitrogens with two attached hydrogens (primary N) is 1. The highest BCUT2D eigenvalue weighted by Crippen LogP contribution is 2.26. The van der Waals surface area contributed by atoms with Crippen LogP contribution in [0.15, 0.2) is 18.2 Å². The van der Waals surface area contributed by atoms with Gasteiger partial charge in [-0.1, -0.05) is 0 Å². The van der Waals surface area contributed by atoms with Crippen LogP contribution in [-0.4, -0.2) is 20.2 Å². The fourth-order valence-corrected chi connectivity index (χ4v) is 1.37. The van der Waals surface area contributed by atoms with Crippen LogP contribution in [-0.2, 0) is 9.53 Å². The van der Waals surface area contributed by atoms with Crippen molar-refractivity contribution < 1.29 is 18.7 Å². The lowest BCUT2D eigenvalue weighted by atomic mass is 10.0. The zero-order valence-corrected chi connectivity index (χ0v) is 10.4. The summed E-state index contributed by atoms with van der Waals surface area (Å²) in [6.45, 7) is 0. The molecule has 1 atom stereocenters. The van der Waals surface area contributed by atoms with Gasteiger partial charge in [0.25, 0.3) is 0 Å². The lowest BCUT2D eigenvalue weighted by Gasteiger charge is -2.14. The Kier molecular flexibility index (Phi) is 6.53. The first-order valence-corrected chi connectivity index (χ1v) is 4.74. The van der Waals surface area contributed by atoms with E-state index < -0.39 is 17.8 Å². The molecule has 17 heavy (non-hydrogen) atoms. The molecule has 96 valence electrons. The van der Waals surface area contributed by atoms with E-state index in [-0.39, 0.29) is 18.8 Å². The van der Waals surface area contributed by atoms with Gasteiger partial charge in [-0.15, -0.1) is 12.4 Å². The van der Waals surface area contributed by atoms with Gasteiger partial charge in [-0.3, -0.25) is 4.79 Å². The number of hydrogen-bond donors (Lipinski definition) is 1. The molecule has 0 radical (unpaired) electrons. The van der Waals surface area contributed by atoms with Gasteiger partial charge in [-0.25, -0.2) is 4.39 Å². The third-order valence-corrected chi connectivity index (χ3v) is 2.21. The molecule has 1 aromatic carbocycles. The third-order valence-electron chi connectivity index (χ3n) is 2.21. The first-order chi connectivity index (χ1) is 7.58. The van der Waals surface area contributed by atoms with Crippen LogP contribution in [0.3, 0.4) is 0 Å². The summed E-state index contributed by atoms with van der Waals surface area (Å²) in [6.07, 6.45) is -0.0175. The van der Waals surface area contributed by atoms with E-state index in [9.17, 15) is 9.18 Å². The first-order valence-electron chi connectivity index (χ1n) is 4.74. The number of halogens is 2. The summed E-state index contributed by atoms with van der Waals surface area (Å²) in [7, 11) is 2.74. The lowest BCUT2D eigenvalue weighted by Crippen LogP contribution is -2.17.